The van der Waals surface area contributed by atoms with Gasteiger partial charge in [0.25, 0.3) is 0 Å². The molecule has 2 aliphatic rings. The van der Waals surface area contributed by atoms with E-state index in [0.717, 1.165) is 73.8 Å². The molecule has 7 nitrogen and oxygen atoms in total. The van der Waals surface area contributed by atoms with Crippen LogP contribution in [0.25, 0.3) is 22.2 Å². The largest absolute Gasteiger partial charge is 0.360 e. The molecule has 1 saturated carbocycles. The van der Waals surface area contributed by atoms with Gasteiger partial charge in [-0.3, -0.25) is 4.79 Å². The topological polar surface area (TPSA) is 94.7 Å². The van der Waals surface area contributed by atoms with Crippen molar-refractivity contribution in [1.29, 1.82) is 0 Å². The van der Waals surface area contributed by atoms with Gasteiger partial charge in [-0.15, -0.1) is 0 Å². The molecule has 1 aromatic carbocycles. The van der Waals surface area contributed by atoms with Crippen LogP contribution in [0.3, 0.4) is 0 Å². The van der Waals surface area contributed by atoms with E-state index >= 15 is 0 Å². The fourth-order valence-electron chi connectivity index (χ4n) is 4.85. The molecule has 0 spiro atoms. The second-order valence-electron chi connectivity index (χ2n) is 8.88. The summed E-state index contributed by atoms with van der Waals surface area (Å²) >= 11 is 6.45. The number of H-pyrrole nitrogens is 1. The van der Waals surface area contributed by atoms with Crippen LogP contribution < -0.4 is 16.0 Å². The van der Waals surface area contributed by atoms with E-state index in [1.54, 1.807) is 6.20 Å². The molecule has 0 radical (unpaired) electrons. The van der Waals surface area contributed by atoms with Crippen molar-refractivity contribution in [3.8, 4) is 11.3 Å². The Morgan fingerprint density at radius 3 is 2.72 bits per heavy atom. The van der Waals surface area contributed by atoms with Crippen molar-refractivity contribution in [1.82, 2.24) is 25.6 Å². The first-order valence-electron chi connectivity index (χ1n) is 11.5. The number of rotatable bonds is 5. The summed E-state index contributed by atoms with van der Waals surface area (Å²) in [7, 11) is 0. The third-order valence-electron chi connectivity index (χ3n) is 6.66. The van der Waals surface area contributed by atoms with E-state index in [9.17, 15) is 4.79 Å². The van der Waals surface area contributed by atoms with Crippen molar-refractivity contribution >= 4 is 34.4 Å². The van der Waals surface area contributed by atoms with E-state index in [1.807, 2.05) is 24.4 Å². The van der Waals surface area contributed by atoms with Crippen molar-refractivity contribution in [3.63, 3.8) is 0 Å². The molecule has 168 valence electrons. The number of nitrogens with zero attached hydrogens (tertiary/aromatic N) is 2. The number of fused-ring (bicyclic) bond motifs is 1. The molecular formula is C24H29ClN6O. The summed E-state index contributed by atoms with van der Waals surface area (Å²) in [5, 5.41) is 11.7. The molecular weight excluding hydrogens is 424 g/mol. The molecule has 2 aromatic heterocycles. The molecule has 4 N–H and O–H groups in total. The van der Waals surface area contributed by atoms with Crippen molar-refractivity contribution in [2.24, 2.45) is 5.92 Å². The predicted octanol–water partition coefficient (Wildman–Crippen LogP) is 4.12. The van der Waals surface area contributed by atoms with Gasteiger partial charge in [0.05, 0.1) is 22.8 Å². The number of halogens is 1. The first-order valence-corrected chi connectivity index (χ1v) is 11.9. The molecule has 3 heterocycles. The number of carbonyl (C=O) groups is 1. The number of nitrogens with one attached hydrogen (secondary N) is 4. The molecule has 32 heavy (non-hydrogen) atoms. The Hall–Kier alpha value is -2.64. The standard InChI is InChI=1S/C24H29ClN6O/c25-20-14-28-24(31-22(20)19-13-27-21-6-2-1-5-18(19)21)30-17-9-7-16(8-10-17)29-23(32)15-4-3-11-26-12-15/h1-2,5-6,13-17,26-27H,3-4,7-12H2,(H,29,32)(H,28,30,31)/t15?,16-,17-. The fourth-order valence-corrected chi connectivity index (χ4v) is 5.05. The van der Waals surface area contributed by atoms with E-state index in [2.05, 4.69) is 32.0 Å². The van der Waals surface area contributed by atoms with Gasteiger partial charge < -0.3 is 20.9 Å². The Morgan fingerprint density at radius 2 is 1.91 bits per heavy atom. The third kappa shape index (κ3) is 4.59. The Bertz CT molecular complexity index is 1090. The summed E-state index contributed by atoms with van der Waals surface area (Å²) < 4.78 is 0. The van der Waals surface area contributed by atoms with Gasteiger partial charge in [0, 0.05) is 41.3 Å². The van der Waals surface area contributed by atoms with Gasteiger partial charge in [-0.25, -0.2) is 9.97 Å². The van der Waals surface area contributed by atoms with Crippen molar-refractivity contribution in [2.75, 3.05) is 18.4 Å². The Labute approximate surface area is 192 Å². The highest BCUT2D eigenvalue weighted by molar-refractivity contribution is 6.33. The van der Waals surface area contributed by atoms with Crippen molar-refractivity contribution in [3.05, 3.63) is 41.7 Å². The number of hydrogen-bond donors (Lipinski definition) is 4. The second kappa shape index (κ2) is 9.46. The highest BCUT2D eigenvalue weighted by Crippen LogP contribution is 2.32. The number of anilines is 1. The molecule has 1 saturated heterocycles. The average Bonchev–Trinajstić information content (AvgIpc) is 3.26. The average molecular weight is 453 g/mol. The van der Waals surface area contributed by atoms with Crippen LogP contribution >= 0.6 is 11.6 Å². The zero-order valence-electron chi connectivity index (χ0n) is 18.0. The van der Waals surface area contributed by atoms with Gasteiger partial charge in [0.15, 0.2) is 0 Å². The highest BCUT2D eigenvalue weighted by Gasteiger charge is 2.27. The fraction of sp³-hybridized carbons (Fsp3) is 0.458. The molecule has 2 fully saturated rings. The number of aromatic nitrogens is 3. The number of piperidine rings is 1. The summed E-state index contributed by atoms with van der Waals surface area (Å²) in [5.74, 6) is 0.915. The highest BCUT2D eigenvalue weighted by atomic mass is 35.5. The molecule has 5 rings (SSSR count). The maximum atomic E-state index is 12.5. The Morgan fingerprint density at radius 1 is 1.09 bits per heavy atom. The molecule has 1 atom stereocenters. The number of carbonyl (C=O) groups excluding carboxylic acids is 1. The number of benzene rings is 1. The van der Waals surface area contributed by atoms with Crippen LogP contribution in [0, 0.1) is 5.92 Å². The Kier molecular flexibility index (Phi) is 6.28. The molecule has 1 amide bonds. The molecule has 0 bridgehead atoms. The maximum Gasteiger partial charge on any atom is 0.224 e. The van der Waals surface area contributed by atoms with Gasteiger partial charge >= 0.3 is 0 Å². The van der Waals surface area contributed by atoms with Gasteiger partial charge in [0.1, 0.15) is 0 Å². The summed E-state index contributed by atoms with van der Waals surface area (Å²) in [6, 6.07) is 8.66. The normalized spacial score (nSPS) is 23.7. The number of amides is 1. The van der Waals surface area contributed by atoms with Crippen LogP contribution in [0.5, 0.6) is 0 Å². The lowest BCUT2D eigenvalue weighted by Gasteiger charge is -2.31. The first kappa shape index (κ1) is 21.2. The predicted molar refractivity (Wildman–Crippen MR) is 128 cm³/mol. The smallest absolute Gasteiger partial charge is 0.224 e. The summed E-state index contributed by atoms with van der Waals surface area (Å²) in [6.45, 7) is 1.82. The molecule has 3 aromatic rings. The second-order valence-corrected chi connectivity index (χ2v) is 9.29. The van der Waals surface area contributed by atoms with Crippen LogP contribution in [0.1, 0.15) is 38.5 Å². The quantitative estimate of drug-likeness (QED) is 0.467. The lowest BCUT2D eigenvalue weighted by Crippen LogP contribution is -2.46. The minimum atomic E-state index is 0.116. The molecule has 1 unspecified atom stereocenters. The maximum absolute atomic E-state index is 12.5. The minimum absolute atomic E-state index is 0.116. The van der Waals surface area contributed by atoms with E-state index in [-0.39, 0.29) is 23.9 Å². The van der Waals surface area contributed by atoms with E-state index in [1.165, 1.54) is 0 Å². The van der Waals surface area contributed by atoms with Crippen molar-refractivity contribution in [2.45, 2.75) is 50.6 Å². The molecule has 8 heteroatoms. The van der Waals surface area contributed by atoms with E-state index < -0.39 is 0 Å². The lowest BCUT2D eigenvalue weighted by atomic mass is 9.90. The lowest BCUT2D eigenvalue weighted by molar-refractivity contribution is -0.126. The minimum Gasteiger partial charge on any atom is -0.360 e. The summed E-state index contributed by atoms with van der Waals surface area (Å²) in [5.41, 5.74) is 2.75. The monoisotopic (exact) mass is 452 g/mol. The summed E-state index contributed by atoms with van der Waals surface area (Å²) in [4.78, 5) is 24.9. The van der Waals surface area contributed by atoms with Crippen LogP contribution in [0.4, 0.5) is 5.95 Å². The van der Waals surface area contributed by atoms with E-state index in [4.69, 9.17) is 16.6 Å². The van der Waals surface area contributed by atoms with E-state index in [0.29, 0.717) is 11.0 Å². The van der Waals surface area contributed by atoms with Crippen LogP contribution in [-0.2, 0) is 4.79 Å². The number of para-hydroxylation sites is 1. The van der Waals surface area contributed by atoms with Gasteiger partial charge in [-0.05, 0) is 51.1 Å². The zero-order valence-corrected chi connectivity index (χ0v) is 18.8. The van der Waals surface area contributed by atoms with Crippen LogP contribution in [0.2, 0.25) is 5.02 Å². The number of hydrogen-bond acceptors (Lipinski definition) is 5. The third-order valence-corrected chi connectivity index (χ3v) is 6.94. The summed E-state index contributed by atoms with van der Waals surface area (Å²) in [6.07, 6.45) is 9.55. The molecule has 1 aliphatic carbocycles. The van der Waals surface area contributed by atoms with Gasteiger partial charge in [-0.2, -0.15) is 0 Å². The SMILES string of the molecule is O=C(N[C@H]1CC[C@H](Nc2ncc(Cl)c(-c3c[nH]c4ccccc34)n2)CC1)C1CCCNC1. The zero-order chi connectivity index (χ0) is 21.9. The van der Waals surface area contributed by atoms with Crippen LogP contribution in [0.15, 0.2) is 36.7 Å². The molecule has 1 aliphatic heterocycles. The van der Waals surface area contributed by atoms with Gasteiger partial charge in [-0.1, -0.05) is 29.8 Å². The number of aromatic amines is 1. The van der Waals surface area contributed by atoms with Crippen molar-refractivity contribution < 1.29 is 4.79 Å². The van der Waals surface area contributed by atoms with Crippen LogP contribution in [-0.4, -0.2) is 46.0 Å². The van der Waals surface area contributed by atoms with Gasteiger partial charge in [0.2, 0.25) is 11.9 Å². The first-order chi connectivity index (χ1) is 15.7. The Balaban J connectivity index is 1.20.